The first kappa shape index (κ1) is 12.9. The fraction of sp³-hybridized carbons (Fsp3) is 0.400. The highest BCUT2D eigenvalue weighted by molar-refractivity contribution is 9.10. The molecule has 0 unspecified atom stereocenters. The fourth-order valence-electron chi connectivity index (χ4n) is 1.10. The van der Waals surface area contributed by atoms with E-state index in [4.69, 9.17) is 16.3 Å². The maximum Gasteiger partial charge on any atom is 0.147 e. The van der Waals surface area contributed by atoms with Crippen molar-refractivity contribution in [3.63, 3.8) is 0 Å². The van der Waals surface area contributed by atoms with Gasteiger partial charge < -0.3 is 10.1 Å². The quantitative estimate of drug-likeness (QED) is 0.666. The van der Waals surface area contributed by atoms with Crippen LogP contribution in [-0.2, 0) is 11.3 Å². The van der Waals surface area contributed by atoms with Gasteiger partial charge in [-0.25, -0.2) is 4.39 Å². The SMILES string of the molecule is COCCNCc1ccc(Br)c(Cl)c1F. The van der Waals surface area contributed by atoms with Crippen LogP contribution in [0, 0.1) is 5.82 Å². The molecule has 0 saturated heterocycles. The second kappa shape index (κ2) is 6.43. The Morgan fingerprint density at radius 2 is 2.27 bits per heavy atom. The van der Waals surface area contributed by atoms with E-state index in [1.165, 1.54) is 0 Å². The maximum absolute atomic E-state index is 13.5. The maximum atomic E-state index is 13.5. The van der Waals surface area contributed by atoms with E-state index in [0.29, 0.717) is 29.7 Å². The Labute approximate surface area is 102 Å². The van der Waals surface area contributed by atoms with E-state index in [2.05, 4.69) is 21.2 Å². The van der Waals surface area contributed by atoms with Crippen molar-refractivity contribution < 1.29 is 9.13 Å². The molecule has 1 aromatic rings. The van der Waals surface area contributed by atoms with Crippen molar-refractivity contribution in [3.8, 4) is 0 Å². The predicted octanol–water partition coefficient (Wildman–Crippen LogP) is 2.98. The topological polar surface area (TPSA) is 21.3 Å². The Kier molecular flexibility index (Phi) is 5.53. The number of hydrogen-bond acceptors (Lipinski definition) is 2. The molecule has 1 rings (SSSR count). The lowest BCUT2D eigenvalue weighted by atomic mass is 10.2. The van der Waals surface area contributed by atoms with Crippen molar-refractivity contribution in [2.45, 2.75) is 6.54 Å². The summed E-state index contributed by atoms with van der Waals surface area (Å²) in [5.74, 6) is -0.379. The molecule has 0 atom stereocenters. The summed E-state index contributed by atoms with van der Waals surface area (Å²) < 4.78 is 19.0. The largest absolute Gasteiger partial charge is 0.383 e. The third kappa shape index (κ3) is 3.72. The summed E-state index contributed by atoms with van der Waals surface area (Å²) in [6, 6.07) is 3.43. The van der Waals surface area contributed by atoms with Crippen LogP contribution < -0.4 is 5.32 Å². The van der Waals surface area contributed by atoms with Gasteiger partial charge in [0, 0.05) is 30.2 Å². The predicted molar refractivity (Wildman–Crippen MR) is 62.7 cm³/mol. The summed E-state index contributed by atoms with van der Waals surface area (Å²) in [4.78, 5) is 0. The van der Waals surface area contributed by atoms with Crippen LogP contribution in [0.3, 0.4) is 0 Å². The average molecular weight is 297 g/mol. The lowest BCUT2D eigenvalue weighted by molar-refractivity contribution is 0.199. The number of nitrogens with one attached hydrogen (secondary N) is 1. The lowest BCUT2D eigenvalue weighted by Crippen LogP contribution is -2.19. The van der Waals surface area contributed by atoms with Gasteiger partial charge in [0.15, 0.2) is 0 Å². The molecule has 0 aliphatic rings. The fourth-order valence-corrected chi connectivity index (χ4v) is 1.59. The second-order valence-corrected chi connectivity index (χ2v) is 4.24. The summed E-state index contributed by atoms with van der Waals surface area (Å²) in [5.41, 5.74) is 0.555. The van der Waals surface area contributed by atoms with E-state index >= 15 is 0 Å². The molecule has 0 fully saturated rings. The minimum absolute atomic E-state index is 0.126. The van der Waals surface area contributed by atoms with Gasteiger partial charge in [-0.2, -0.15) is 0 Å². The standard InChI is InChI=1S/C10H12BrClFNO/c1-15-5-4-14-6-7-2-3-8(11)9(12)10(7)13/h2-3,14H,4-6H2,1H3. The number of halogens is 3. The average Bonchev–Trinajstić information content (AvgIpc) is 2.24. The number of hydrogen-bond donors (Lipinski definition) is 1. The Hall–Kier alpha value is -0.160. The van der Waals surface area contributed by atoms with Gasteiger partial charge >= 0.3 is 0 Å². The Balaban J connectivity index is 2.58. The summed E-state index contributed by atoms with van der Waals surface area (Å²) in [7, 11) is 1.62. The summed E-state index contributed by atoms with van der Waals surface area (Å²) in [5, 5.41) is 3.18. The van der Waals surface area contributed by atoms with Crippen molar-refractivity contribution in [3.05, 3.63) is 33.0 Å². The highest BCUT2D eigenvalue weighted by atomic mass is 79.9. The Morgan fingerprint density at radius 1 is 1.53 bits per heavy atom. The minimum atomic E-state index is -0.379. The molecule has 1 aromatic carbocycles. The van der Waals surface area contributed by atoms with E-state index < -0.39 is 0 Å². The van der Waals surface area contributed by atoms with E-state index in [-0.39, 0.29) is 10.8 Å². The molecule has 0 bridgehead atoms. The zero-order valence-electron chi connectivity index (χ0n) is 8.32. The van der Waals surface area contributed by atoms with Gasteiger partial charge in [0.25, 0.3) is 0 Å². The molecule has 1 N–H and O–H groups in total. The van der Waals surface area contributed by atoms with Gasteiger partial charge in [-0.05, 0) is 22.0 Å². The highest BCUT2D eigenvalue weighted by Crippen LogP contribution is 2.27. The number of ether oxygens (including phenoxy) is 1. The Bertz CT molecular complexity index is 335. The van der Waals surface area contributed by atoms with Crippen molar-refractivity contribution in [1.29, 1.82) is 0 Å². The number of benzene rings is 1. The van der Waals surface area contributed by atoms with Crippen LogP contribution in [-0.4, -0.2) is 20.3 Å². The monoisotopic (exact) mass is 295 g/mol. The molecular weight excluding hydrogens is 284 g/mol. The molecule has 0 aliphatic carbocycles. The molecule has 0 aromatic heterocycles. The van der Waals surface area contributed by atoms with Crippen molar-refractivity contribution in [2.24, 2.45) is 0 Å². The zero-order chi connectivity index (χ0) is 11.3. The molecule has 5 heteroatoms. The van der Waals surface area contributed by atoms with Crippen LogP contribution in [0.5, 0.6) is 0 Å². The van der Waals surface area contributed by atoms with Crippen LogP contribution in [0.2, 0.25) is 5.02 Å². The van der Waals surface area contributed by atoms with Gasteiger partial charge in [-0.1, -0.05) is 17.7 Å². The molecular formula is C10H12BrClFNO. The molecule has 0 aliphatic heterocycles. The van der Waals surface area contributed by atoms with Gasteiger partial charge in [0.1, 0.15) is 5.82 Å². The first-order chi connectivity index (χ1) is 7.16. The normalized spacial score (nSPS) is 10.7. The molecule has 0 saturated carbocycles. The van der Waals surface area contributed by atoms with Crippen molar-refractivity contribution in [2.75, 3.05) is 20.3 Å². The van der Waals surface area contributed by atoms with Crippen LogP contribution in [0.4, 0.5) is 4.39 Å². The van der Waals surface area contributed by atoms with Gasteiger partial charge in [-0.15, -0.1) is 0 Å². The van der Waals surface area contributed by atoms with E-state index in [9.17, 15) is 4.39 Å². The molecule has 15 heavy (non-hydrogen) atoms. The number of methoxy groups -OCH3 is 1. The van der Waals surface area contributed by atoms with E-state index in [1.54, 1.807) is 19.2 Å². The molecule has 0 amide bonds. The van der Waals surface area contributed by atoms with Crippen LogP contribution in [0.1, 0.15) is 5.56 Å². The third-order valence-corrected chi connectivity index (χ3v) is 3.17. The van der Waals surface area contributed by atoms with Gasteiger partial charge in [0.05, 0.1) is 11.6 Å². The highest BCUT2D eigenvalue weighted by Gasteiger charge is 2.09. The summed E-state index contributed by atoms with van der Waals surface area (Å²) in [6.45, 7) is 1.73. The first-order valence-electron chi connectivity index (χ1n) is 4.49. The Morgan fingerprint density at radius 3 is 2.93 bits per heavy atom. The van der Waals surface area contributed by atoms with Crippen LogP contribution >= 0.6 is 27.5 Å². The van der Waals surface area contributed by atoms with Gasteiger partial charge in [-0.3, -0.25) is 0 Å². The second-order valence-electron chi connectivity index (χ2n) is 3.00. The van der Waals surface area contributed by atoms with Crippen LogP contribution in [0.15, 0.2) is 16.6 Å². The summed E-state index contributed by atoms with van der Waals surface area (Å²) in [6.07, 6.45) is 0. The molecule has 0 heterocycles. The van der Waals surface area contributed by atoms with Crippen molar-refractivity contribution in [1.82, 2.24) is 5.32 Å². The smallest absolute Gasteiger partial charge is 0.147 e. The first-order valence-corrected chi connectivity index (χ1v) is 5.66. The van der Waals surface area contributed by atoms with E-state index in [0.717, 1.165) is 0 Å². The lowest BCUT2D eigenvalue weighted by Gasteiger charge is -2.07. The third-order valence-electron chi connectivity index (χ3n) is 1.91. The molecule has 2 nitrogen and oxygen atoms in total. The molecule has 0 spiro atoms. The minimum Gasteiger partial charge on any atom is -0.383 e. The summed E-state index contributed by atoms with van der Waals surface area (Å²) >= 11 is 8.91. The van der Waals surface area contributed by atoms with Gasteiger partial charge in [0.2, 0.25) is 0 Å². The van der Waals surface area contributed by atoms with Crippen LogP contribution in [0.25, 0.3) is 0 Å². The zero-order valence-corrected chi connectivity index (χ0v) is 10.7. The van der Waals surface area contributed by atoms with E-state index in [1.807, 2.05) is 0 Å². The molecule has 0 radical (unpaired) electrons. The number of rotatable bonds is 5. The molecule has 84 valence electrons. The van der Waals surface area contributed by atoms with Crippen molar-refractivity contribution >= 4 is 27.5 Å².